The summed E-state index contributed by atoms with van der Waals surface area (Å²) >= 11 is 0. The van der Waals surface area contributed by atoms with E-state index in [4.69, 9.17) is 0 Å². The van der Waals surface area contributed by atoms with E-state index in [2.05, 4.69) is 0 Å². The van der Waals surface area contributed by atoms with Crippen LogP contribution in [0.4, 0.5) is 39.5 Å². The first-order valence-electron chi connectivity index (χ1n) is 6.66. The quantitative estimate of drug-likeness (QED) is 0.560. The summed E-state index contributed by atoms with van der Waals surface area (Å²) in [5.41, 5.74) is -1.81. The molecule has 137 valence electrons. The minimum Gasteiger partial charge on any atom is -0.228 e. The van der Waals surface area contributed by atoms with Crippen LogP contribution >= 0.6 is 0 Å². The van der Waals surface area contributed by atoms with Crippen molar-refractivity contribution in [2.75, 3.05) is 0 Å². The summed E-state index contributed by atoms with van der Waals surface area (Å²) in [5.74, 6) is -19.4. The number of benzene rings is 1. The van der Waals surface area contributed by atoms with Crippen molar-refractivity contribution in [3.8, 4) is 0 Å². The molecule has 1 atom stereocenters. The summed E-state index contributed by atoms with van der Waals surface area (Å²) in [4.78, 5) is 0. The monoisotopic (exact) mass is 367 g/mol. The van der Waals surface area contributed by atoms with Crippen LogP contribution in [-0.4, -0.2) is 18.0 Å². The maximum Gasteiger partial charge on any atom is 0.460 e. The third-order valence-corrected chi connectivity index (χ3v) is 3.34. The number of alkyl halides is 9. The molecule has 0 aliphatic carbocycles. The Hall–Kier alpha value is -1.45. The number of rotatable bonds is 6. The Balaban J connectivity index is 3.24. The first kappa shape index (κ1) is 20.6. The van der Waals surface area contributed by atoms with Crippen molar-refractivity contribution in [1.82, 2.24) is 0 Å². The standard InChI is InChI=1S/C14H12F9O/c1-2-3-10(24)8-4-6-9(7-5-8)11(15,16)12(17,18)13(19,20)14(21,22)23/h4-7,10H,2-3H2,1H3. The molecule has 24 heavy (non-hydrogen) atoms. The molecular weight excluding hydrogens is 355 g/mol. The SMILES string of the molecule is CCCC([O])c1ccc(C(F)(F)C(F)(F)C(F)(F)C(F)(F)F)cc1. The molecule has 0 aromatic heterocycles. The molecule has 0 spiro atoms. The first-order valence-corrected chi connectivity index (χ1v) is 6.66. The fourth-order valence-corrected chi connectivity index (χ4v) is 1.89. The molecule has 0 heterocycles. The van der Waals surface area contributed by atoms with Gasteiger partial charge in [0.1, 0.15) is 6.10 Å². The van der Waals surface area contributed by atoms with Gasteiger partial charge in [-0.05, 0) is 12.0 Å². The fourth-order valence-electron chi connectivity index (χ4n) is 1.89. The molecule has 0 N–H and O–H groups in total. The molecular formula is C14H12F9O. The molecule has 0 amide bonds. The van der Waals surface area contributed by atoms with Crippen molar-refractivity contribution in [1.29, 1.82) is 0 Å². The first-order chi connectivity index (χ1) is 10.7. The van der Waals surface area contributed by atoms with Gasteiger partial charge in [0, 0.05) is 5.56 Å². The topological polar surface area (TPSA) is 19.9 Å². The Labute approximate surface area is 131 Å². The Bertz CT molecular complexity index is 548. The lowest BCUT2D eigenvalue weighted by molar-refractivity contribution is -0.399. The highest BCUT2D eigenvalue weighted by atomic mass is 19.4. The molecule has 1 nitrogen and oxygen atoms in total. The van der Waals surface area contributed by atoms with Gasteiger partial charge in [0.05, 0.1) is 0 Å². The molecule has 0 saturated carbocycles. The highest BCUT2D eigenvalue weighted by Gasteiger charge is 2.81. The Morgan fingerprint density at radius 2 is 1.29 bits per heavy atom. The van der Waals surface area contributed by atoms with Crippen molar-refractivity contribution in [2.45, 2.75) is 49.8 Å². The molecule has 1 radical (unpaired) electrons. The zero-order chi connectivity index (χ0) is 19.0. The van der Waals surface area contributed by atoms with Crippen LogP contribution in [0.3, 0.4) is 0 Å². The van der Waals surface area contributed by atoms with Crippen LogP contribution in [0.25, 0.3) is 0 Å². The van der Waals surface area contributed by atoms with Crippen molar-refractivity contribution in [3.63, 3.8) is 0 Å². The lowest BCUT2D eigenvalue weighted by Gasteiger charge is -2.33. The average Bonchev–Trinajstić information content (AvgIpc) is 2.46. The van der Waals surface area contributed by atoms with Gasteiger partial charge in [0.15, 0.2) is 0 Å². The van der Waals surface area contributed by atoms with Crippen LogP contribution < -0.4 is 0 Å². The Morgan fingerprint density at radius 3 is 1.67 bits per heavy atom. The predicted octanol–water partition coefficient (Wildman–Crippen LogP) is 5.88. The summed E-state index contributed by atoms with van der Waals surface area (Å²) in [6.45, 7) is 1.66. The van der Waals surface area contributed by atoms with Crippen LogP contribution in [0.15, 0.2) is 24.3 Å². The average molecular weight is 367 g/mol. The number of hydrogen-bond donors (Lipinski definition) is 0. The second-order valence-corrected chi connectivity index (χ2v) is 5.12. The van der Waals surface area contributed by atoms with E-state index < -0.39 is 35.6 Å². The van der Waals surface area contributed by atoms with Gasteiger partial charge in [-0.1, -0.05) is 37.6 Å². The molecule has 0 aliphatic rings. The van der Waals surface area contributed by atoms with Crippen LogP contribution in [0.2, 0.25) is 0 Å². The van der Waals surface area contributed by atoms with Crippen molar-refractivity contribution in [2.24, 2.45) is 0 Å². The summed E-state index contributed by atoms with van der Waals surface area (Å²) < 4.78 is 115. The van der Waals surface area contributed by atoms with Gasteiger partial charge in [0.2, 0.25) is 0 Å². The van der Waals surface area contributed by atoms with Gasteiger partial charge in [-0.2, -0.15) is 39.5 Å². The largest absolute Gasteiger partial charge is 0.460 e. The van der Waals surface area contributed by atoms with Crippen molar-refractivity contribution in [3.05, 3.63) is 35.4 Å². The lowest BCUT2D eigenvalue weighted by Crippen LogP contribution is -2.59. The van der Waals surface area contributed by atoms with E-state index in [0.717, 1.165) is 0 Å². The van der Waals surface area contributed by atoms with E-state index in [0.29, 0.717) is 18.6 Å². The van der Waals surface area contributed by atoms with Crippen LogP contribution in [0, 0.1) is 0 Å². The summed E-state index contributed by atoms with van der Waals surface area (Å²) in [6, 6.07) is 1.91. The summed E-state index contributed by atoms with van der Waals surface area (Å²) in [6.07, 6.45) is -7.66. The predicted molar refractivity (Wildman–Crippen MR) is 64.6 cm³/mol. The lowest BCUT2D eigenvalue weighted by atomic mass is 9.95. The van der Waals surface area contributed by atoms with Crippen molar-refractivity contribution < 1.29 is 44.6 Å². The maximum absolute atomic E-state index is 13.6. The minimum absolute atomic E-state index is 0.0673. The van der Waals surface area contributed by atoms with Gasteiger partial charge in [-0.3, -0.25) is 0 Å². The van der Waals surface area contributed by atoms with Crippen molar-refractivity contribution >= 4 is 0 Å². The van der Waals surface area contributed by atoms with E-state index in [1.165, 1.54) is 0 Å². The summed E-state index contributed by atoms with van der Waals surface area (Å²) in [7, 11) is 0. The van der Waals surface area contributed by atoms with E-state index in [-0.39, 0.29) is 24.1 Å². The maximum atomic E-state index is 13.6. The van der Waals surface area contributed by atoms with E-state index in [9.17, 15) is 44.6 Å². The van der Waals surface area contributed by atoms with E-state index >= 15 is 0 Å². The number of hydrogen-bond acceptors (Lipinski definition) is 0. The second kappa shape index (κ2) is 6.45. The van der Waals surface area contributed by atoms with Gasteiger partial charge in [0.25, 0.3) is 0 Å². The molecule has 1 aromatic carbocycles. The minimum atomic E-state index is -6.94. The second-order valence-electron chi connectivity index (χ2n) is 5.12. The van der Waals surface area contributed by atoms with Gasteiger partial charge < -0.3 is 0 Å². The highest BCUT2D eigenvalue weighted by molar-refractivity contribution is 5.29. The van der Waals surface area contributed by atoms with E-state index in [1.807, 2.05) is 0 Å². The fraction of sp³-hybridized carbons (Fsp3) is 0.571. The Morgan fingerprint density at radius 1 is 0.833 bits per heavy atom. The zero-order valence-corrected chi connectivity index (χ0v) is 12.1. The molecule has 0 fully saturated rings. The van der Waals surface area contributed by atoms with E-state index in [1.54, 1.807) is 6.92 Å². The molecule has 1 aromatic rings. The van der Waals surface area contributed by atoms with Crippen LogP contribution in [-0.2, 0) is 11.0 Å². The molecule has 1 rings (SSSR count). The van der Waals surface area contributed by atoms with Crippen LogP contribution in [0.5, 0.6) is 0 Å². The zero-order valence-electron chi connectivity index (χ0n) is 12.1. The molecule has 10 heteroatoms. The third kappa shape index (κ3) is 3.33. The molecule has 0 aliphatic heterocycles. The highest BCUT2D eigenvalue weighted by Crippen LogP contribution is 2.56. The van der Waals surface area contributed by atoms with Gasteiger partial charge in [-0.15, -0.1) is 0 Å². The smallest absolute Gasteiger partial charge is 0.228 e. The van der Waals surface area contributed by atoms with Gasteiger partial charge in [-0.25, -0.2) is 5.11 Å². The molecule has 1 unspecified atom stereocenters. The normalized spacial score (nSPS) is 15.5. The Kier molecular flexibility index (Phi) is 5.54. The van der Waals surface area contributed by atoms with Crippen LogP contribution in [0.1, 0.15) is 37.0 Å². The third-order valence-electron chi connectivity index (χ3n) is 3.34. The summed E-state index contributed by atoms with van der Waals surface area (Å²) in [5, 5.41) is 11.6. The molecule has 0 saturated heterocycles. The molecule has 0 bridgehead atoms. The van der Waals surface area contributed by atoms with Gasteiger partial charge >= 0.3 is 23.9 Å². The number of halogens is 9.